The highest BCUT2D eigenvalue weighted by Crippen LogP contribution is 2.36. The maximum absolute atomic E-state index is 13.2. The Morgan fingerprint density at radius 2 is 1.94 bits per heavy atom. The van der Waals surface area contributed by atoms with Crippen molar-refractivity contribution in [3.8, 4) is 0 Å². The molecule has 0 bridgehead atoms. The van der Waals surface area contributed by atoms with E-state index in [0.29, 0.717) is 12.5 Å². The number of thiazole rings is 2. The van der Waals surface area contributed by atoms with Gasteiger partial charge in [-0.05, 0) is 57.9 Å². The van der Waals surface area contributed by atoms with Crippen molar-refractivity contribution in [2.24, 2.45) is 5.92 Å². The van der Waals surface area contributed by atoms with E-state index in [9.17, 15) is 13.6 Å². The lowest BCUT2D eigenvalue weighted by Gasteiger charge is -2.38. The van der Waals surface area contributed by atoms with Gasteiger partial charge in [0.25, 0.3) is 5.92 Å². The zero-order valence-corrected chi connectivity index (χ0v) is 21.3. The lowest BCUT2D eigenvalue weighted by Crippen LogP contribution is -2.56. The average Bonchev–Trinajstić information content (AvgIpc) is 3.32. The molecule has 1 aliphatic carbocycles. The van der Waals surface area contributed by atoms with Crippen molar-refractivity contribution in [1.82, 2.24) is 20.2 Å². The Labute approximate surface area is 207 Å². The van der Waals surface area contributed by atoms with E-state index >= 15 is 0 Å². The van der Waals surface area contributed by atoms with E-state index < -0.39 is 5.92 Å². The highest BCUT2D eigenvalue weighted by Gasteiger charge is 2.45. The van der Waals surface area contributed by atoms with Gasteiger partial charge in [0.05, 0.1) is 30.2 Å². The van der Waals surface area contributed by atoms with Crippen LogP contribution in [0.25, 0.3) is 0 Å². The highest BCUT2D eigenvalue weighted by molar-refractivity contribution is 7.15. The molecular weight excluding hydrogens is 476 g/mol. The van der Waals surface area contributed by atoms with Gasteiger partial charge in [-0.25, -0.2) is 18.7 Å². The third-order valence-electron chi connectivity index (χ3n) is 7.27. The zero-order valence-electron chi connectivity index (χ0n) is 19.7. The topological polar surface area (TPSA) is 61.4 Å². The largest absolute Gasteiger partial charge is 0.353 e. The van der Waals surface area contributed by atoms with Crippen LogP contribution in [-0.4, -0.2) is 65.5 Å². The normalized spacial score (nSPS) is 24.9. The summed E-state index contributed by atoms with van der Waals surface area (Å²) in [6.45, 7) is 4.70. The van der Waals surface area contributed by atoms with Crippen molar-refractivity contribution < 1.29 is 13.6 Å². The van der Waals surface area contributed by atoms with Crippen molar-refractivity contribution in [3.63, 3.8) is 0 Å². The van der Waals surface area contributed by atoms with E-state index in [2.05, 4.69) is 20.2 Å². The summed E-state index contributed by atoms with van der Waals surface area (Å²) >= 11 is 3.20. The zero-order chi connectivity index (χ0) is 23.7. The van der Waals surface area contributed by atoms with E-state index in [0.717, 1.165) is 71.9 Å². The first-order valence-corrected chi connectivity index (χ1v) is 14.0. The molecule has 1 amide bonds. The SMILES string of the molecule is Cc1ncc(CC(=O)N[C@H]2CC[C@H](CCN3CCc4nc(N5CC(F)(F)C5)sc4CC3)CC2)s1. The smallest absolute Gasteiger partial charge is 0.282 e. The minimum absolute atomic E-state index is 0.115. The summed E-state index contributed by atoms with van der Waals surface area (Å²) in [5, 5.41) is 5.00. The maximum atomic E-state index is 13.2. The molecule has 2 aromatic rings. The number of carbonyl (C=O) groups is 1. The Morgan fingerprint density at radius 1 is 1.18 bits per heavy atom. The Balaban J connectivity index is 1.00. The Morgan fingerprint density at radius 3 is 2.65 bits per heavy atom. The Hall–Kier alpha value is -1.65. The van der Waals surface area contributed by atoms with Gasteiger partial charge in [0.2, 0.25) is 5.91 Å². The predicted molar refractivity (Wildman–Crippen MR) is 132 cm³/mol. The molecule has 34 heavy (non-hydrogen) atoms. The fourth-order valence-corrected chi connectivity index (χ4v) is 7.17. The molecule has 0 unspecified atom stereocenters. The molecule has 10 heteroatoms. The van der Waals surface area contributed by atoms with Crippen molar-refractivity contribution in [2.75, 3.05) is 37.6 Å². The van der Waals surface area contributed by atoms with Crippen LogP contribution >= 0.6 is 22.7 Å². The molecule has 4 heterocycles. The van der Waals surface area contributed by atoms with Crippen LogP contribution in [0.1, 0.15) is 52.6 Å². The van der Waals surface area contributed by atoms with E-state index in [4.69, 9.17) is 0 Å². The number of carbonyl (C=O) groups excluding carboxylic acids is 1. The summed E-state index contributed by atoms with van der Waals surface area (Å²) in [5.41, 5.74) is 1.11. The van der Waals surface area contributed by atoms with Gasteiger partial charge >= 0.3 is 0 Å². The number of hydrogen-bond donors (Lipinski definition) is 1. The summed E-state index contributed by atoms with van der Waals surface area (Å²) in [6.07, 6.45) is 9.82. The van der Waals surface area contributed by atoms with E-state index in [1.807, 2.05) is 6.92 Å². The fourth-order valence-electron chi connectivity index (χ4n) is 5.29. The third-order valence-corrected chi connectivity index (χ3v) is 9.40. The van der Waals surface area contributed by atoms with E-state index in [-0.39, 0.29) is 19.0 Å². The fraction of sp³-hybridized carbons (Fsp3) is 0.708. The van der Waals surface area contributed by atoms with Crippen molar-refractivity contribution >= 4 is 33.7 Å². The number of anilines is 1. The number of aromatic nitrogens is 2. The standard InChI is InChI=1S/C24H33F2N5OS2/c1-16-27-13-19(33-16)12-22(32)28-18-4-2-17(3-5-18)6-9-30-10-7-20-21(8-11-30)34-23(29-20)31-14-24(25,26)15-31/h13,17-18H,2-12,14-15H2,1H3,(H,28,32)/t17-,18-. The summed E-state index contributed by atoms with van der Waals surface area (Å²) in [4.78, 5) is 27.8. The van der Waals surface area contributed by atoms with Crippen molar-refractivity contribution in [2.45, 2.75) is 70.3 Å². The monoisotopic (exact) mass is 509 g/mol. The molecule has 2 fully saturated rings. The number of fused-ring (bicyclic) bond motifs is 1. The second-order valence-electron chi connectivity index (χ2n) is 10.0. The Kier molecular flexibility index (Phi) is 7.18. The number of nitrogens with zero attached hydrogens (tertiary/aromatic N) is 4. The van der Waals surface area contributed by atoms with Gasteiger partial charge in [0.15, 0.2) is 5.13 Å². The number of halogens is 2. The third kappa shape index (κ3) is 5.94. The van der Waals surface area contributed by atoms with Gasteiger partial charge in [0.1, 0.15) is 0 Å². The molecule has 186 valence electrons. The molecular formula is C24H33F2N5OS2. The maximum Gasteiger partial charge on any atom is 0.282 e. The molecule has 0 atom stereocenters. The minimum atomic E-state index is -2.55. The molecule has 1 saturated carbocycles. The molecule has 1 saturated heterocycles. The molecule has 2 aromatic heterocycles. The van der Waals surface area contributed by atoms with Crippen molar-refractivity contribution in [3.05, 3.63) is 26.7 Å². The number of rotatable bonds is 7. The van der Waals surface area contributed by atoms with Gasteiger partial charge in [-0.2, -0.15) is 0 Å². The second-order valence-corrected chi connectivity index (χ2v) is 12.4. The van der Waals surface area contributed by atoms with Crippen LogP contribution < -0.4 is 10.2 Å². The molecule has 6 nitrogen and oxygen atoms in total. The number of amides is 1. The van der Waals surface area contributed by atoms with E-state index in [1.165, 1.54) is 24.1 Å². The highest BCUT2D eigenvalue weighted by atomic mass is 32.1. The number of hydrogen-bond acceptors (Lipinski definition) is 7. The van der Waals surface area contributed by atoms with Crippen LogP contribution in [0.4, 0.5) is 13.9 Å². The molecule has 1 N–H and O–H groups in total. The number of alkyl halides is 2. The number of aryl methyl sites for hydroxylation is 1. The first kappa shape index (κ1) is 24.1. The molecule has 3 aliphatic rings. The lowest BCUT2D eigenvalue weighted by molar-refractivity contribution is -0.121. The van der Waals surface area contributed by atoms with Gasteiger partial charge < -0.3 is 15.1 Å². The summed E-state index contributed by atoms with van der Waals surface area (Å²) in [6, 6.07) is 0.304. The summed E-state index contributed by atoms with van der Waals surface area (Å²) in [7, 11) is 0. The lowest BCUT2D eigenvalue weighted by atomic mass is 9.84. The predicted octanol–water partition coefficient (Wildman–Crippen LogP) is 4.07. The summed E-state index contributed by atoms with van der Waals surface area (Å²) in [5.74, 6) is -1.71. The van der Waals surface area contributed by atoms with Crippen LogP contribution in [0, 0.1) is 12.8 Å². The van der Waals surface area contributed by atoms with Crippen LogP contribution in [0.15, 0.2) is 6.20 Å². The molecule has 2 aliphatic heterocycles. The van der Waals surface area contributed by atoms with Crippen LogP contribution in [-0.2, 0) is 24.1 Å². The number of nitrogens with one attached hydrogen (secondary N) is 1. The van der Waals surface area contributed by atoms with Crippen LogP contribution in [0.3, 0.4) is 0 Å². The van der Waals surface area contributed by atoms with Gasteiger partial charge in [-0.3, -0.25) is 4.79 Å². The van der Waals surface area contributed by atoms with Gasteiger partial charge in [-0.1, -0.05) is 0 Å². The average molecular weight is 510 g/mol. The first-order chi connectivity index (χ1) is 16.3. The van der Waals surface area contributed by atoms with Gasteiger partial charge in [-0.15, -0.1) is 22.7 Å². The van der Waals surface area contributed by atoms with Crippen LogP contribution in [0.2, 0.25) is 0 Å². The molecule has 5 rings (SSSR count). The first-order valence-electron chi connectivity index (χ1n) is 12.4. The summed E-state index contributed by atoms with van der Waals surface area (Å²) < 4.78 is 26.4. The minimum Gasteiger partial charge on any atom is -0.353 e. The molecule has 0 aromatic carbocycles. The molecule has 0 radical (unpaired) electrons. The Bertz CT molecular complexity index is 968. The van der Waals surface area contributed by atoms with Crippen molar-refractivity contribution in [1.29, 1.82) is 0 Å². The molecule has 0 spiro atoms. The quantitative estimate of drug-likeness (QED) is 0.610. The van der Waals surface area contributed by atoms with Gasteiger partial charge in [0, 0.05) is 41.5 Å². The van der Waals surface area contributed by atoms with Crippen LogP contribution in [0.5, 0.6) is 0 Å². The second kappa shape index (κ2) is 10.1. The van der Waals surface area contributed by atoms with E-state index in [1.54, 1.807) is 33.8 Å².